The second-order valence-electron chi connectivity index (χ2n) is 3.66. The molecule has 0 fully saturated rings. The zero-order chi connectivity index (χ0) is 12.3. The molecule has 1 aromatic heterocycles. The molecule has 1 aromatic carbocycles. The molecule has 0 unspecified atom stereocenters. The zero-order valence-corrected chi connectivity index (χ0v) is 10.3. The summed E-state index contributed by atoms with van der Waals surface area (Å²) >= 11 is 6.04. The van der Waals surface area contributed by atoms with Crippen LogP contribution in [0.3, 0.4) is 0 Å². The summed E-state index contributed by atoms with van der Waals surface area (Å²) in [6, 6.07) is 5.50. The van der Waals surface area contributed by atoms with Crippen LogP contribution in [0.15, 0.2) is 30.6 Å². The van der Waals surface area contributed by atoms with Crippen molar-refractivity contribution in [3.8, 4) is 5.75 Å². The standard InChI is InChI=1S/C12H14ClN3O/c1-16-6-5-15-12(16)8-17-11-4-2-3-10(13)9(11)7-14/h2-6H,7-8,14H2,1H3. The van der Waals surface area contributed by atoms with E-state index in [0.29, 0.717) is 23.9 Å². The number of rotatable bonds is 4. The Balaban J connectivity index is 2.14. The summed E-state index contributed by atoms with van der Waals surface area (Å²) in [4.78, 5) is 4.18. The monoisotopic (exact) mass is 251 g/mol. The molecule has 0 radical (unpaired) electrons. The Labute approximate surface area is 105 Å². The molecule has 0 saturated heterocycles. The number of benzene rings is 1. The summed E-state index contributed by atoms with van der Waals surface area (Å²) < 4.78 is 7.60. The predicted molar refractivity (Wildman–Crippen MR) is 66.9 cm³/mol. The number of ether oxygens (including phenoxy) is 1. The molecule has 4 nitrogen and oxygen atoms in total. The fourth-order valence-corrected chi connectivity index (χ4v) is 1.79. The smallest absolute Gasteiger partial charge is 0.146 e. The Morgan fingerprint density at radius 1 is 1.47 bits per heavy atom. The van der Waals surface area contributed by atoms with Crippen LogP contribution in [0.1, 0.15) is 11.4 Å². The maximum atomic E-state index is 6.04. The molecule has 0 aliphatic heterocycles. The predicted octanol–water partition coefficient (Wildman–Crippen LogP) is 2.11. The van der Waals surface area contributed by atoms with Crippen molar-refractivity contribution < 1.29 is 4.74 Å². The Morgan fingerprint density at radius 2 is 2.29 bits per heavy atom. The fourth-order valence-electron chi connectivity index (χ4n) is 1.55. The van der Waals surface area contributed by atoms with E-state index in [0.717, 1.165) is 11.4 Å². The minimum Gasteiger partial charge on any atom is -0.485 e. The van der Waals surface area contributed by atoms with Crippen LogP contribution in [-0.2, 0) is 20.2 Å². The van der Waals surface area contributed by atoms with Gasteiger partial charge >= 0.3 is 0 Å². The highest BCUT2D eigenvalue weighted by Crippen LogP contribution is 2.26. The topological polar surface area (TPSA) is 53.1 Å². The second kappa shape index (κ2) is 5.21. The van der Waals surface area contributed by atoms with Crippen LogP contribution in [0.25, 0.3) is 0 Å². The molecule has 0 aliphatic carbocycles. The number of hydrogen-bond donors (Lipinski definition) is 1. The Bertz CT molecular complexity index is 510. The van der Waals surface area contributed by atoms with Gasteiger partial charge in [-0.2, -0.15) is 0 Å². The van der Waals surface area contributed by atoms with Gasteiger partial charge < -0.3 is 15.0 Å². The summed E-state index contributed by atoms with van der Waals surface area (Å²) in [6.45, 7) is 0.756. The highest BCUT2D eigenvalue weighted by atomic mass is 35.5. The number of nitrogens with two attached hydrogens (primary N) is 1. The van der Waals surface area contributed by atoms with Gasteiger partial charge in [-0.15, -0.1) is 0 Å². The second-order valence-corrected chi connectivity index (χ2v) is 4.07. The quantitative estimate of drug-likeness (QED) is 0.906. The maximum absolute atomic E-state index is 6.04. The first kappa shape index (κ1) is 12.0. The lowest BCUT2D eigenvalue weighted by molar-refractivity contribution is 0.289. The molecule has 0 bridgehead atoms. The van der Waals surface area contributed by atoms with Gasteiger partial charge in [-0.05, 0) is 12.1 Å². The minimum atomic E-state index is 0.357. The molecule has 5 heteroatoms. The van der Waals surface area contributed by atoms with E-state index in [1.807, 2.05) is 29.9 Å². The van der Waals surface area contributed by atoms with Crippen molar-refractivity contribution in [1.82, 2.24) is 9.55 Å². The number of aryl methyl sites for hydroxylation is 1. The molecule has 0 atom stereocenters. The van der Waals surface area contributed by atoms with E-state index in [1.165, 1.54) is 0 Å². The third-order valence-corrected chi connectivity index (χ3v) is 2.91. The van der Waals surface area contributed by atoms with Crippen LogP contribution in [0.4, 0.5) is 0 Å². The molecular weight excluding hydrogens is 238 g/mol. The number of halogens is 1. The van der Waals surface area contributed by atoms with Gasteiger partial charge in [-0.3, -0.25) is 0 Å². The van der Waals surface area contributed by atoms with Crippen LogP contribution in [0, 0.1) is 0 Å². The SMILES string of the molecule is Cn1ccnc1COc1cccc(Cl)c1CN. The Morgan fingerprint density at radius 3 is 2.94 bits per heavy atom. The molecule has 2 N–H and O–H groups in total. The molecule has 2 rings (SSSR count). The number of nitrogens with zero attached hydrogens (tertiary/aromatic N) is 2. The summed E-state index contributed by atoms with van der Waals surface area (Å²) in [6.07, 6.45) is 3.61. The lowest BCUT2D eigenvalue weighted by Crippen LogP contribution is -2.06. The van der Waals surface area contributed by atoms with E-state index in [-0.39, 0.29) is 0 Å². The van der Waals surface area contributed by atoms with Gasteiger partial charge in [0, 0.05) is 36.6 Å². The van der Waals surface area contributed by atoms with Crippen molar-refractivity contribution in [2.75, 3.05) is 0 Å². The first-order chi connectivity index (χ1) is 8.22. The highest BCUT2D eigenvalue weighted by molar-refractivity contribution is 6.31. The van der Waals surface area contributed by atoms with Gasteiger partial charge in [0.15, 0.2) is 0 Å². The third kappa shape index (κ3) is 2.60. The molecule has 90 valence electrons. The Hall–Kier alpha value is -1.52. The summed E-state index contributed by atoms with van der Waals surface area (Å²) in [5, 5.41) is 0.629. The van der Waals surface area contributed by atoms with Gasteiger partial charge in [-0.25, -0.2) is 4.98 Å². The van der Waals surface area contributed by atoms with Gasteiger partial charge in [0.2, 0.25) is 0 Å². The number of imidazole rings is 1. The average Bonchev–Trinajstić information content (AvgIpc) is 2.72. The number of aromatic nitrogens is 2. The summed E-state index contributed by atoms with van der Waals surface area (Å²) in [7, 11) is 1.92. The minimum absolute atomic E-state index is 0.357. The van der Waals surface area contributed by atoms with Crippen molar-refractivity contribution >= 4 is 11.6 Å². The van der Waals surface area contributed by atoms with Crippen molar-refractivity contribution in [1.29, 1.82) is 0 Å². The lowest BCUT2D eigenvalue weighted by Gasteiger charge is -2.11. The van der Waals surface area contributed by atoms with Gasteiger partial charge in [-0.1, -0.05) is 17.7 Å². The van der Waals surface area contributed by atoms with E-state index in [4.69, 9.17) is 22.1 Å². The summed E-state index contributed by atoms with van der Waals surface area (Å²) in [5.41, 5.74) is 6.47. The van der Waals surface area contributed by atoms with E-state index in [9.17, 15) is 0 Å². The van der Waals surface area contributed by atoms with Crippen LogP contribution in [-0.4, -0.2) is 9.55 Å². The maximum Gasteiger partial charge on any atom is 0.146 e. The molecular formula is C12H14ClN3O. The summed E-state index contributed by atoms with van der Waals surface area (Å²) in [5.74, 6) is 1.57. The number of hydrogen-bond acceptors (Lipinski definition) is 3. The first-order valence-corrected chi connectivity index (χ1v) is 5.66. The molecule has 17 heavy (non-hydrogen) atoms. The van der Waals surface area contributed by atoms with Crippen LogP contribution >= 0.6 is 11.6 Å². The van der Waals surface area contributed by atoms with Gasteiger partial charge in [0.25, 0.3) is 0 Å². The largest absolute Gasteiger partial charge is 0.485 e. The van der Waals surface area contributed by atoms with Crippen LogP contribution < -0.4 is 10.5 Å². The van der Waals surface area contributed by atoms with Crippen molar-refractivity contribution in [3.63, 3.8) is 0 Å². The lowest BCUT2D eigenvalue weighted by atomic mass is 10.2. The first-order valence-electron chi connectivity index (χ1n) is 5.29. The Kier molecular flexibility index (Phi) is 3.66. The molecule has 0 aliphatic rings. The van der Waals surface area contributed by atoms with E-state index in [1.54, 1.807) is 12.3 Å². The van der Waals surface area contributed by atoms with Crippen molar-refractivity contribution in [2.24, 2.45) is 12.8 Å². The normalized spacial score (nSPS) is 10.5. The van der Waals surface area contributed by atoms with Gasteiger partial charge in [0.05, 0.1) is 0 Å². The third-order valence-electron chi connectivity index (χ3n) is 2.56. The van der Waals surface area contributed by atoms with Crippen molar-refractivity contribution in [2.45, 2.75) is 13.2 Å². The van der Waals surface area contributed by atoms with E-state index in [2.05, 4.69) is 4.98 Å². The molecule has 0 saturated carbocycles. The van der Waals surface area contributed by atoms with Crippen LogP contribution in [0.2, 0.25) is 5.02 Å². The van der Waals surface area contributed by atoms with Crippen LogP contribution in [0.5, 0.6) is 5.75 Å². The zero-order valence-electron chi connectivity index (χ0n) is 9.56. The van der Waals surface area contributed by atoms with E-state index < -0.39 is 0 Å². The molecule has 0 spiro atoms. The average molecular weight is 252 g/mol. The highest BCUT2D eigenvalue weighted by Gasteiger charge is 2.07. The fraction of sp³-hybridized carbons (Fsp3) is 0.250. The van der Waals surface area contributed by atoms with E-state index >= 15 is 0 Å². The molecule has 0 amide bonds. The van der Waals surface area contributed by atoms with Gasteiger partial charge in [0.1, 0.15) is 18.2 Å². The molecule has 1 heterocycles. The van der Waals surface area contributed by atoms with Crippen molar-refractivity contribution in [3.05, 3.63) is 47.0 Å². The molecule has 2 aromatic rings.